The lowest BCUT2D eigenvalue weighted by molar-refractivity contribution is -0.139. The molecule has 0 aliphatic rings. The third kappa shape index (κ3) is 7.21. The zero-order valence-electron chi connectivity index (χ0n) is 18.8. The minimum Gasteiger partial charge on any atom is -0.354 e. The Balaban J connectivity index is 2.19. The van der Waals surface area contributed by atoms with Crippen molar-refractivity contribution < 1.29 is 9.59 Å². The number of nitrogens with zero attached hydrogens (tertiary/aromatic N) is 1. The summed E-state index contributed by atoms with van der Waals surface area (Å²) in [5.41, 5.74) is 3.39. The Kier molecular flexibility index (Phi) is 9.44. The molecule has 0 radical (unpaired) electrons. The Hall–Kier alpha value is -2.27. The number of carbonyl (C=O) groups is 2. The second kappa shape index (κ2) is 11.8. The quantitative estimate of drug-likeness (QED) is 0.546. The average molecular weight is 427 g/mol. The van der Waals surface area contributed by atoms with E-state index in [1.54, 1.807) is 4.90 Å². The molecular weight excluding hydrogens is 392 g/mol. The summed E-state index contributed by atoms with van der Waals surface area (Å²) in [4.78, 5) is 29.0. The van der Waals surface area contributed by atoms with Crippen molar-refractivity contribution in [2.45, 2.75) is 58.5 Å². The van der Waals surface area contributed by atoms with Crippen molar-refractivity contribution in [1.29, 1.82) is 0 Å². The summed E-state index contributed by atoms with van der Waals surface area (Å²) in [7, 11) is 0. The maximum absolute atomic E-state index is 13.3. The van der Waals surface area contributed by atoms with Crippen molar-refractivity contribution in [1.82, 2.24) is 10.2 Å². The monoisotopic (exact) mass is 426 g/mol. The molecule has 30 heavy (non-hydrogen) atoms. The first-order valence-corrected chi connectivity index (χ1v) is 11.6. The van der Waals surface area contributed by atoms with Crippen molar-refractivity contribution in [2.75, 3.05) is 12.3 Å². The fourth-order valence-electron chi connectivity index (χ4n) is 3.18. The van der Waals surface area contributed by atoms with Crippen LogP contribution in [-0.2, 0) is 16.1 Å². The molecule has 1 unspecified atom stereocenters. The standard InChI is InChI=1S/C25H34N2O2S/c1-6-23(25(29)26-15-18(2)3)27(16-21-10-8-7-9-20(21)5)24(28)17-30-22-13-11-19(4)12-14-22/h7-14,18,23H,6,15-17H2,1-5H3,(H,26,29). The highest BCUT2D eigenvalue weighted by Gasteiger charge is 2.28. The van der Waals surface area contributed by atoms with Crippen LogP contribution < -0.4 is 5.32 Å². The molecular formula is C25H34N2O2S. The normalized spacial score (nSPS) is 11.9. The maximum atomic E-state index is 13.3. The Morgan fingerprint density at radius 1 is 1.03 bits per heavy atom. The molecule has 162 valence electrons. The van der Waals surface area contributed by atoms with Crippen LogP contribution in [0.1, 0.15) is 43.9 Å². The zero-order chi connectivity index (χ0) is 22.1. The van der Waals surface area contributed by atoms with Gasteiger partial charge in [0.05, 0.1) is 5.75 Å². The fraction of sp³-hybridized carbons (Fsp3) is 0.440. The van der Waals surface area contributed by atoms with E-state index in [2.05, 4.69) is 19.2 Å². The van der Waals surface area contributed by atoms with Gasteiger partial charge >= 0.3 is 0 Å². The number of aryl methyl sites for hydroxylation is 2. The minimum atomic E-state index is -0.477. The molecule has 1 N–H and O–H groups in total. The van der Waals surface area contributed by atoms with Crippen molar-refractivity contribution in [3.63, 3.8) is 0 Å². The van der Waals surface area contributed by atoms with E-state index in [9.17, 15) is 9.59 Å². The molecule has 5 heteroatoms. The summed E-state index contributed by atoms with van der Waals surface area (Å²) < 4.78 is 0. The Labute approximate surface area is 185 Å². The molecule has 2 rings (SSSR count). The summed E-state index contributed by atoms with van der Waals surface area (Å²) in [5.74, 6) is 0.580. The number of hydrogen-bond donors (Lipinski definition) is 1. The van der Waals surface area contributed by atoms with Crippen LogP contribution in [0.3, 0.4) is 0 Å². The van der Waals surface area contributed by atoms with Crippen LogP contribution in [0, 0.1) is 19.8 Å². The van der Waals surface area contributed by atoms with Gasteiger partial charge in [-0.1, -0.05) is 62.7 Å². The smallest absolute Gasteiger partial charge is 0.242 e. The topological polar surface area (TPSA) is 49.4 Å². The van der Waals surface area contributed by atoms with E-state index in [-0.39, 0.29) is 11.8 Å². The van der Waals surface area contributed by atoms with Gasteiger partial charge in [-0.2, -0.15) is 0 Å². The van der Waals surface area contributed by atoms with Gasteiger partial charge in [-0.05, 0) is 49.4 Å². The van der Waals surface area contributed by atoms with Crippen LogP contribution >= 0.6 is 11.8 Å². The lowest BCUT2D eigenvalue weighted by atomic mass is 10.1. The molecule has 0 bridgehead atoms. The van der Waals surface area contributed by atoms with E-state index in [1.807, 2.05) is 69.3 Å². The molecule has 2 amide bonds. The molecule has 0 spiro atoms. The van der Waals surface area contributed by atoms with Crippen molar-refractivity contribution in [3.05, 3.63) is 65.2 Å². The minimum absolute atomic E-state index is 0.0182. The fourth-order valence-corrected chi connectivity index (χ4v) is 3.96. The molecule has 2 aromatic rings. The number of nitrogens with one attached hydrogen (secondary N) is 1. The number of rotatable bonds is 10. The summed E-state index contributed by atoms with van der Waals surface area (Å²) in [6.07, 6.45) is 0.580. The lowest BCUT2D eigenvalue weighted by Gasteiger charge is -2.31. The van der Waals surface area contributed by atoms with Crippen LogP contribution in [0.15, 0.2) is 53.4 Å². The second-order valence-electron chi connectivity index (χ2n) is 8.11. The SMILES string of the molecule is CCC(C(=O)NCC(C)C)N(Cc1ccccc1C)C(=O)CSc1ccc(C)cc1. The van der Waals surface area contributed by atoms with Crippen molar-refractivity contribution in [2.24, 2.45) is 5.92 Å². The third-order valence-corrected chi connectivity index (χ3v) is 6.05. The van der Waals surface area contributed by atoms with Gasteiger partial charge in [-0.3, -0.25) is 9.59 Å². The van der Waals surface area contributed by atoms with Gasteiger partial charge in [0.2, 0.25) is 11.8 Å². The summed E-state index contributed by atoms with van der Waals surface area (Å²) >= 11 is 1.52. The maximum Gasteiger partial charge on any atom is 0.242 e. The Morgan fingerprint density at radius 2 is 1.70 bits per heavy atom. The number of amides is 2. The Morgan fingerprint density at radius 3 is 2.30 bits per heavy atom. The van der Waals surface area contributed by atoms with Crippen LogP contribution in [0.25, 0.3) is 0 Å². The number of hydrogen-bond acceptors (Lipinski definition) is 3. The van der Waals surface area contributed by atoms with Crippen molar-refractivity contribution in [3.8, 4) is 0 Å². The van der Waals surface area contributed by atoms with Gasteiger partial charge in [0.15, 0.2) is 0 Å². The number of carbonyl (C=O) groups excluding carboxylic acids is 2. The number of thioether (sulfide) groups is 1. The largest absolute Gasteiger partial charge is 0.354 e. The average Bonchev–Trinajstić information content (AvgIpc) is 2.72. The molecule has 2 aromatic carbocycles. The highest BCUT2D eigenvalue weighted by Crippen LogP contribution is 2.21. The van der Waals surface area contributed by atoms with E-state index < -0.39 is 6.04 Å². The molecule has 0 saturated heterocycles. The molecule has 0 aliphatic heterocycles. The summed E-state index contributed by atoms with van der Waals surface area (Å²) in [5, 5.41) is 3.01. The second-order valence-corrected chi connectivity index (χ2v) is 9.16. The first-order chi connectivity index (χ1) is 14.3. The lowest BCUT2D eigenvalue weighted by Crippen LogP contribution is -2.50. The van der Waals surface area contributed by atoms with E-state index in [0.29, 0.717) is 31.2 Å². The molecule has 1 atom stereocenters. The van der Waals surface area contributed by atoms with E-state index in [1.165, 1.54) is 17.3 Å². The first-order valence-electron chi connectivity index (χ1n) is 10.6. The molecule has 0 aliphatic carbocycles. The van der Waals surface area contributed by atoms with E-state index in [4.69, 9.17) is 0 Å². The highest BCUT2D eigenvalue weighted by molar-refractivity contribution is 8.00. The summed E-state index contributed by atoms with van der Waals surface area (Å²) in [6.45, 7) is 11.2. The van der Waals surface area contributed by atoms with Gasteiger partial charge in [0.1, 0.15) is 6.04 Å². The number of benzene rings is 2. The van der Waals surface area contributed by atoms with E-state index in [0.717, 1.165) is 16.0 Å². The van der Waals surface area contributed by atoms with Crippen LogP contribution in [0.5, 0.6) is 0 Å². The van der Waals surface area contributed by atoms with Crippen LogP contribution in [-0.4, -0.2) is 35.1 Å². The predicted octanol–water partition coefficient (Wildman–Crippen LogP) is 4.98. The van der Waals surface area contributed by atoms with Gasteiger partial charge in [0.25, 0.3) is 0 Å². The van der Waals surface area contributed by atoms with Gasteiger partial charge in [0, 0.05) is 18.0 Å². The molecule has 0 saturated carbocycles. The first kappa shape index (κ1) is 24.0. The molecule has 0 fully saturated rings. The van der Waals surface area contributed by atoms with Crippen LogP contribution in [0.4, 0.5) is 0 Å². The van der Waals surface area contributed by atoms with Gasteiger partial charge in [-0.25, -0.2) is 0 Å². The predicted molar refractivity (Wildman–Crippen MR) is 126 cm³/mol. The van der Waals surface area contributed by atoms with Gasteiger partial charge < -0.3 is 10.2 Å². The van der Waals surface area contributed by atoms with Crippen LogP contribution in [0.2, 0.25) is 0 Å². The molecule has 0 heterocycles. The zero-order valence-corrected chi connectivity index (χ0v) is 19.6. The highest BCUT2D eigenvalue weighted by atomic mass is 32.2. The molecule has 4 nitrogen and oxygen atoms in total. The third-order valence-electron chi connectivity index (χ3n) is 5.06. The Bertz CT molecular complexity index is 833. The van der Waals surface area contributed by atoms with E-state index >= 15 is 0 Å². The van der Waals surface area contributed by atoms with Gasteiger partial charge in [-0.15, -0.1) is 11.8 Å². The van der Waals surface area contributed by atoms with Crippen molar-refractivity contribution >= 4 is 23.6 Å². The molecule has 0 aromatic heterocycles. The summed E-state index contributed by atoms with van der Waals surface area (Å²) in [6, 6.07) is 15.7.